The molecule has 3 fully saturated rings. The minimum atomic E-state index is -1.64. The number of carbonyl (C=O) groups excluding carboxylic acids is 4. The molecular weight excluding hydrogens is 860 g/mol. The molecule has 2 heterocycles. The molecule has 2 aliphatic carbocycles. The Kier molecular flexibility index (Phi) is 9.39. The quantitative estimate of drug-likeness (QED) is 0.0912. The summed E-state index contributed by atoms with van der Waals surface area (Å²) < 4.78 is 21.0. The van der Waals surface area contributed by atoms with Gasteiger partial charge in [0.05, 0.1) is 34.5 Å². The Hall–Kier alpha value is -5.53. The topological polar surface area (TPSA) is 116 Å². The third-order valence-corrected chi connectivity index (χ3v) is 12.9. The van der Waals surface area contributed by atoms with Gasteiger partial charge in [-0.3, -0.25) is 29.5 Å². The van der Waals surface area contributed by atoms with E-state index in [0.29, 0.717) is 38.8 Å². The predicted molar refractivity (Wildman–Crippen MR) is 220 cm³/mol. The molecule has 0 unspecified atom stereocenters. The summed E-state index contributed by atoms with van der Waals surface area (Å²) in [5.74, 6) is -6.27. The van der Waals surface area contributed by atoms with E-state index in [1.807, 2.05) is 48.5 Å². The van der Waals surface area contributed by atoms with Crippen molar-refractivity contribution < 1.29 is 33.4 Å². The number of ether oxygens (including phenoxy) is 1. The summed E-state index contributed by atoms with van der Waals surface area (Å²) in [4.78, 5) is 60.2. The second kappa shape index (κ2) is 14.4. The Morgan fingerprint density at radius 2 is 1.56 bits per heavy atom. The van der Waals surface area contributed by atoms with E-state index < -0.39 is 52.6 Å². The summed E-state index contributed by atoms with van der Waals surface area (Å²) in [6, 6.07) is 33.7. The number of carbonyl (C=O) groups is 4. The molecule has 0 bridgehead atoms. The molecule has 9 nitrogen and oxygen atoms in total. The fraction of sp³-hybridized carbons (Fsp3) is 0.200. The largest absolute Gasteiger partial charge is 0.508 e. The van der Waals surface area contributed by atoms with Gasteiger partial charge in [-0.1, -0.05) is 71.8 Å². The molecule has 4 amide bonds. The molecule has 9 rings (SSSR count). The van der Waals surface area contributed by atoms with Crippen LogP contribution in [0.1, 0.15) is 35.4 Å². The van der Waals surface area contributed by atoms with Crippen LogP contribution in [0.25, 0.3) is 0 Å². The number of phenolic OH excluding ortho intramolecular Hbond substituents is 1. The highest BCUT2D eigenvalue weighted by molar-refractivity contribution is 14.1. The van der Waals surface area contributed by atoms with E-state index in [9.17, 15) is 23.9 Å². The van der Waals surface area contributed by atoms with Crippen LogP contribution >= 0.6 is 34.2 Å². The van der Waals surface area contributed by atoms with Crippen LogP contribution < -0.4 is 15.1 Å². The van der Waals surface area contributed by atoms with Crippen LogP contribution in [0.2, 0.25) is 5.02 Å². The number of halogens is 3. The Bertz CT molecular complexity index is 2460. The predicted octanol–water partition coefficient (Wildman–Crippen LogP) is 8.56. The van der Waals surface area contributed by atoms with Crippen molar-refractivity contribution in [1.29, 1.82) is 0 Å². The highest BCUT2D eigenvalue weighted by atomic mass is 127. The number of hydrogen-bond acceptors (Lipinski definition) is 7. The van der Waals surface area contributed by atoms with Crippen molar-refractivity contribution in [1.82, 2.24) is 5.01 Å². The van der Waals surface area contributed by atoms with E-state index in [4.69, 9.17) is 16.3 Å². The lowest BCUT2D eigenvalue weighted by molar-refractivity contribution is -0.138. The van der Waals surface area contributed by atoms with Gasteiger partial charge >= 0.3 is 0 Å². The second-order valence-electron chi connectivity index (χ2n) is 14.9. The van der Waals surface area contributed by atoms with Gasteiger partial charge in [-0.2, -0.15) is 5.01 Å². The monoisotopic (exact) mass is 893 g/mol. The molecule has 0 aromatic heterocycles. The van der Waals surface area contributed by atoms with Crippen molar-refractivity contribution in [3.05, 3.63) is 164 Å². The molecule has 12 heteroatoms. The molecule has 2 aliphatic heterocycles. The summed E-state index contributed by atoms with van der Waals surface area (Å²) in [5, 5.41) is 13.4. The Labute approximate surface area is 346 Å². The number of fused-ring (bicyclic) bond motifs is 4. The average Bonchev–Trinajstić information content (AvgIpc) is 3.59. The third-order valence-electron chi connectivity index (χ3n) is 11.9. The summed E-state index contributed by atoms with van der Waals surface area (Å²) in [6.45, 7) is 0.250. The van der Waals surface area contributed by atoms with Crippen molar-refractivity contribution in [3.8, 4) is 11.5 Å². The Morgan fingerprint density at radius 1 is 0.842 bits per heavy atom. The first kappa shape index (κ1) is 37.1. The zero-order valence-corrected chi connectivity index (χ0v) is 33.1. The smallest absolute Gasteiger partial charge is 0.260 e. The van der Waals surface area contributed by atoms with Crippen molar-refractivity contribution in [2.45, 2.75) is 30.8 Å². The molecule has 57 heavy (non-hydrogen) atoms. The number of imide groups is 2. The van der Waals surface area contributed by atoms with Crippen molar-refractivity contribution >= 4 is 69.2 Å². The van der Waals surface area contributed by atoms with E-state index in [1.54, 1.807) is 48.5 Å². The summed E-state index contributed by atoms with van der Waals surface area (Å²) in [6.07, 6.45) is 2.22. The van der Waals surface area contributed by atoms with Crippen LogP contribution in [0.3, 0.4) is 0 Å². The number of amides is 4. The SMILES string of the molecule is O=C1[C@@H]2C[C@@H]3C(=CC[C@@H]4C(=O)N(c5ccc(I)cc5)C(=O)[C@@H]43)[C@H](c3ccc(OCc4ccccc4)cc3O)[C@]2(c2ccc(Cl)cc2)C(=O)N1Nc1ccc(F)cc1. The highest BCUT2D eigenvalue weighted by Gasteiger charge is 2.70. The van der Waals surface area contributed by atoms with Crippen molar-refractivity contribution in [2.75, 3.05) is 10.3 Å². The lowest BCUT2D eigenvalue weighted by Crippen LogP contribution is -2.53. The van der Waals surface area contributed by atoms with E-state index in [1.165, 1.54) is 35.2 Å². The first-order chi connectivity index (χ1) is 27.6. The van der Waals surface area contributed by atoms with Gasteiger partial charge in [-0.05, 0) is 119 Å². The summed E-state index contributed by atoms with van der Waals surface area (Å²) in [7, 11) is 0. The molecule has 6 atom stereocenters. The van der Waals surface area contributed by atoms with Gasteiger partial charge in [0.2, 0.25) is 11.8 Å². The van der Waals surface area contributed by atoms with E-state index in [0.717, 1.165) is 14.1 Å². The number of rotatable bonds is 8. The zero-order valence-electron chi connectivity index (χ0n) is 30.1. The number of aromatic hydroxyl groups is 1. The van der Waals surface area contributed by atoms with Crippen LogP contribution in [0.4, 0.5) is 15.8 Å². The van der Waals surface area contributed by atoms with Crippen molar-refractivity contribution in [2.24, 2.45) is 23.7 Å². The van der Waals surface area contributed by atoms with Crippen LogP contribution in [-0.2, 0) is 31.2 Å². The number of nitrogens with zero attached hydrogens (tertiary/aromatic N) is 2. The number of hydrazine groups is 1. The van der Waals surface area contributed by atoms with E-state index >= 15 is 4.79 Å². The Morgan fingerprint density at radius 3 is 2.26 bits per heavy atom. The number of hydrogen-bond donors (Lipinski definition) is 2. The molecular formula is C45H34ClFIN3O6. The normalized spacial score (nSPS) is 25.2. The molecule has 2 N–H and O–H groups in total. The van der Waals surface area contributed by atoms with Gasteiger partial charge in [0.1, 0.15) is 23.9 Å². The lowest BCUT2D eigenvalue weighted by Gasteiger charge is -2.50. The first-order valence-electron chi connectivity index (χ1n) is 18.6. The van der Waals surface area contributed by atoms with Crippen molar-refractivity contribution in [3.63, 3.8) is 0 Å². The summed E-state index contributed by atoms with van der Waals surface area (Å²) >= 11 is 8.57. The van der Waals surface area contributed by atoms with E-state index in [-0.39, 0.29) is 37.0 Å². The number of anilines is 2. The van der Waals surface area contributed by atoms with Gasteiger partial charge in [0.25, 0.3) is 11.8 Å². The maximum Gasteiger partial charge on any atom is 0.260 e. The Balaban J connectivity index is 1.20. The van der Waals surface area contributed by atoms with Gasteiger partial charge < -0.3 is 9.84 Å². The number of allylic oxidation sites excluding steroid dienone is 2. The second-order valence-corrected chi connectivity index (χ2v) is 16.5. The molecule has 2 saturated heterocycles. The van der Waals surface area contributed by atoms with Gasteiger partial charge in [-0.25, -0.2) is 4.39 Å². The fourth-order valence-corrected chi connectivity index (χ4v) is 9.93. The number of benzene rings is 5. The van der Waals surface area contributed by atoms with Crippen LogP contribution in [0.5, 0.6) is 11.5 Å². The van der Waals surface area contributed by atoms with Crippen LogP contribution in [-0.4, -0.2) is 33.7 Å². The number of nitrogens with one attached hydrogen (secondary N) is 1. The van der Waals surface area contributed by atoms with Gasteiger partial charge in [0.15, 0.2) is 0 Å². The zero-order chi connectivity index (χ0) is 39.6. The highest BCUT2D eigenvalue weighted by Crippen LogP contribution is 2.65. The average molecular weight is 894 g/mol. The molecule has 0 spiro atoms. The molecule has 1 saturated carbocycles. The molecule has 4 aliphatic rings. The molecule has 286 valence electrons. The van der Waals surface area contributed by atoms with Gasteiger partial charge in [-0.15, -0.1) is 0 Å². The number of phenols is 1. The maximum absolute atomic E-state index is 15.4. The maximum atomic E-state index is 15.4. The standard InChI is InChI=1S/C45H34ClFIN3O6/c46-27-8-6-26(7-9-27)45-37(42(54)51(44(45)56)49-30-14-10-28(47)11-15-30)23-36-33(20-21-35-39(36)43(55)50(41(35)53)31-16-12-29(48)13-17-31)40(45)34-19-18-32(22-38(34)52)57-24-25-4-2-1-3-5-25/h1-20,22,35-37,39-40,49,52H,21,23-24H2/t35-,36+,37-,39-,40+,45+/m0/s1. The van der Waals surface area contributed by atoms with Crippen LogP contribution in [0.15, 0.2) is 133 Å². The fourth-order valence-electron chi connectivity index (χ4n) is 9.44. The molecule has 5 aromatic carbocycles. The van der Waals surface area contributed by atoms with Gasteiger partial charge in [0, 0.05) is 26.1 Å². The summed E-state index contributed by atoms with van der Waals surface area (Å²) in [5.41, 5.74) is 4.54. The lowest BCUT2D eigenvalue weighted by atomic mass is 9.49. The molecule has 5 aromatic rings. The van der Waals surface area contributed by atoms with E-state index in [2.05, 4.69) is 28.0 Å². The third kappa shape index (κ3) is 6.10. The van der Waals surface area contributed by atoms with Crippen LogP contribution in [0, 0.1) is 33.1 Å². The molecule has 0 radical (unpaired) electrons. The minimum absolute atomic E-state index is 0.0663. The minimum Gasteiger partial charge on any atom is -0.508 e. The first-order valence-corrected chi connectivity index (χ1v) is 20.0.